The average molecular weight is 666 g/mol. The molecule has 0 saturated heterocycles. The minimum atomic E-state index is -1.48. The van der Waals surface area contributed by atoms with Crippen LogP contribution >= 0.6 is 0 Å². The predicted molar refractivity (Wildman–Crippen MR) is 180 cm³/mol. The number of nitrogens with two attached hydrogens (primary N) is 2. The van der Waals surface area contributed by atoms with E-state index in [-0.39, 0.29) is 37.3 Å². The van der Waals surface area contributed by atoms with Gasteiger partial charge in [-0.1, -0.05) is 30.3 Å². The molecule has 0 aliphatic rings. The van der Waals surface area contributed by atoms with Crippen molar-refractivity contribution in [3.05, 3.63) is 76.1 Å². The standard InChI is InChI=1S/C33H43N7O8/c1-19-15-27(42)47-26-17-21(12-13-22(19)26)37-28(43)23(11-8-14-36-31(34)35)38-30(45)25(18-41)39-29(44)24(16-20-9-6-5-7-10-20)40-32(46)48-33(2,3)4/h5-7,9-10,12-13,15,17,23-25,41H,8,11,14,16,18H2,1-4H3,(H,37,43)(H,38,45)(H,39,44)(H,40,46)(H4,34,35,36)/t23-,24+,25+/m0/s1. The van der Waals surface area contributed by atoms with Crippen molar-refractivity contribution in [2.45, 2.75) is 70.7 Å². The van der Waals surface area contributed by atoms with Gasteiger partial charge < -0.3 is 47.0 Å². The smallest absolute Gasteiger partial charge is 0.408 e. The molecule has 15 heteroatoms. The van der Waals surface area contributed by atoms with Crippen molar-refractivity contribution in [2.24, 2.45) is 16.5 Å². The van der Waals surface area contributed by atoms with Gasteiger partial charge in [0, 0.05) is 36.2 Å². The Morgan fingerprint density at radius 3 is 2.23 bits per heavy atom. The Kier molecular flexibility index (Phi) is 13.1. The van der Waals surface area contributed by atoms with Crippen molar-refractivity contribution in [1.82, 2.24) is 16.0 Å². The summed E-state index contributed by atoms with van der Waals surface area (Å²) in [6, 6.07) is 11.2. The summed E-state index contributed by atoms with van der Waals surface area (Å²) in [5.74, 6) is -2.38. The number of alkyl carbamates (subject to hydrolysis) is 1. The molecular formula is C33H43N7O8. The highest BCUT2D eigenvalue weighted by molar-refractivity contribution is 6.00. The average Bonchev–Trinajstić information content (AvgIpc) is 2.99. The number of amides is 4. The SMILES string of the molecule is Cc1cc(=O)oc2cc(NC(=O)[C@H](CCCN=C(N)N)NC(=O)[C@@H](CO)NC(=O)[C@@H](Cc3ccccc3)NC(=O)OC(C)(C)C)ccc12. The van der Waals surface area contributed by atoms with Gasteiger partial charge in [0.15, 0.2) is 5.96 Å². The van der Waals surface area contributed by atoms with E-state index in [1.807, 2.05) is 0 Å². The number of aryl methyl sites for hydroxylation is 1. The molecule has 0 spiro atoms. The summed E-state index contributed by atoms with van der Waals surface area (Å²) in [5.41, 5.74) is 11.4. The van der Waals surface area contributed by atoms with E-state index in [1.54, 1.807) is 70.2 Å². The quantitative estimate of drug-likeness (QED) is 0.0561. The van der Waals surface area contributed by atoms with Crippen LogP contribution in [0.3, 0.4) is 0 Å². The van der Waals surface area contributed by atoms with Crippen LogP contribution in [0.1, 0.15) is 44.7 Å². The van der Waals surface area contributed by atoms with E-state index in [2.05, 4.69) is 26.3 Å². The maximum absolute atomic E-state index is 13.4. The summed E-state index contributed by atoms with van der Waals surface area (Å²) in [7, 11) is 0. The fourth-order valence-electron chi connectivity index (χ4n) is 4.65. The van der Waals surface area contributed by atoms with Gasteiger partial charge in [0.05, 0.1) is 6.61 Å². The van der Waals surface area contributed by atoms with Gasteiger partial charge in [-0.3, -0.25) is 19.4 Å². The largest absolute Gasteiger partial charge is 0.444 e. The van der Waals surface area contributed by atoms with Crippen LogP contribution < -0.4 is 38.4 Å². The summed E-state index contributed by atoms with van der Waals surface area (Å²) in [6.45, 7) is 6.13. The number of aliphatic imine (C=N–C) groups is 1. The molecule has 0 aliphatic carbocycles. The highest BCUT2D eigenvalue weighted by Crippen LogP contribution is 2.21. The first-order valence-electron chi connectivity index (χ1n) is 15.3. The lowest BCUT2D eigenvalue weighted by atomic mass is 10.0. The molecular weight excluding hydrogens is 622 g/mol. The van der Waals surface area contributed by atoms with Gasteiger partial charge in [0.2, 0.25) is 17.7 Å². The summed E-state index contributed by atoms with van der Waals surface area (Å²) in [6.07, 6.45) is -0.410. The molecule has 15 nitrogen and oxygen atoms in total. The Labute approximate surface area is 277 Å². The molecule has 0 aliphatic heterocycles. The van der Waals surface area contributed by atoms with Crippen molar-refractivity contribution in [3.63, 3.8) is 0 Å². The van der Waals surface area contributed by atoms with Crippen molar-refractivity contribution in [1.29, 1.82) is 0 Å². The molecule has 48 heavy (non-hydrogen) atoms. The number of anilines is 1. The van der Waals surface area contributed by atoms with Crippen LogP contribution in [0.25, 0.3) is 11.0 Å². The van der Waals surface area contributed by atoms with Crippen molar-refractivity contribution in [3.8, 4) is 0 Å². The first-order chi connectivity index (χ1) is 22.6. The number of hydrogen-bond donors (Lipinski definition) is 7. The topological polar surface area (TPSA) is 240 Å². The number of hydrogen-bond acceptors (Lipinski definition) is 9. The van der Waals surface area contributed by atoms with Crippen LogP contribution in [0.2, 0.25) is 0 Å². The van der Waals surface area contributed by atoms with Gasteiger partial charge in [-0.15, -0.1) is 0 Å². The molecule has 0 bridgehead atoms. The van der Waals surface area contributed by atoms with Gasteiger partial charge in [-0.25, -0.2) is 9.59 Å². The number of nitrogens with one attached hydrogen (secondary N) is 4. The summed E-state index contributed by atoms with van der Waals surface area (Å²) in [4.78, 5) is 68.5. The third-order valence-corrected chi connectivity index (χ3v) is 6.90. The lowest BCUT2D eigenvalue weighted by Gasteiger charge is -2.26. The Morgan fingerprint density at radius 2 is 1.58 bits per heavy atom. The summed E-state index contributed by atoms with van der Waals surface area (Å²) in [5, 5.41) is 21.0. The number of carbonyl (C=O) groups excluding carboxylic acids is 4. The van der Waals surface area contributed by atoms with E-state index < -0.39 is 59.8 Å². The molecule has 0 unspecified atom stereocenters. The third-order valence-electron chi connectivity index (χ3n) is 6.90. The lowest BCUT2D eigenvalue weighted by molar-refractivity contribution is -0.132. The van der Waals surface area contributed by atoms with Gasteiger partial charge in [0.25, 0.3) is 0 Å². The molecule has 3 atom stereocenters. The number of aliphatic hydroxyl groups is 1. The first-order valence-corrected chi connectivity index (χ1v) is 15.3. The van der Waals surface area contributed by atoms with Crippen LogP contribution in [0, 0.1) is 6.92 Å². The molecule has 1 heterocycles. The number of guanidine groups is 1. The summed E-state index contributed by atoms with van der Waals surface area (Å²) < 4.78 is 10.6. The number of nitrogens with zero attached hydrogens (tertiary/aromatic N) is 1. The summed E-state index contributed by atoms with van der Waals surface area (Å²) >= 11 is 0. The van der Waals surface area contributed by atoms with Crippen LogP contribution in [-0.2, 0) is 25.5 Å². The van der Waals surface area contributed by atoms with Gasteiger partial charge >= 0.3 is 11.7 Å². The van der Waals surface area contributed by atoms with Gasteiger partial charge in [-0.05, 0) is 63.8 Å². The fraction of sp³-hybridized carbons (Fsp3) is 0.394. The van der Waals surface area contributed by atoms with Crippen molar-refractivity contribution >= 4 is 46.4 Å². The lowest BCUT2D eigenvalue weighted by Crippen LogP contribution is -2.58. The maximum Gasteiger partial charge on any atom is 0.408 e. The van der Waals surface area contributed by atoms with E-state index in [4.69, 9.17) is 20.6 Å². The van der Waals surface area contributed by atoms with E-state index in [1.165, 1.54) is 12.1 Å². The normalized spacial score (nSPS) is 13.0. The van der Waals surface area contributed by atoms with Gasteiger partial charge in [-0.2, -0.15) is 0 Å². The number of carbonyl (C=O) groups is 4. The Hall–Kier alpha value is -5.44. The number of aliphatic hydroxyl groups excluding tert-OH is 1. The second kappa shape index (κ2) is 16.9. The number of ether oxygens (including phenoxy) is 1. The Bertz CT molecular complexity index is 1680. The van der Waals surface area contributed by atoms with Crippen LogP contribution in [-0.4, -0.2) is 71.8 Å². The third kappa shape index (κ3) is 11.7. The Morgan fingerprint density at radius 1 is 0.917 bits per heavy atom. The predicted octanol–water partition coefficient (Wildman–Crippen LogP) is 1.19. The second-order valence-corrected chi connectivity index (χ2v) is 12.1. The zero-order valence-corrected chi connectivity index (χ0v) is 27.4. The highest BCUT2D eigenvalue weighted by atomic mass is 16.6. The molecule has 258 valence electrons. The molecule has 2 aromatic carbocycles. The minimum Gasteiger partial charge on any atom is -0.444 e. The minimum absolute atomic E-state index is 0.0624. The van der Waals surface area contributed by atoms with Crippen LogP contribution in [0.5, 0.6) is 0 Å². The van der Waals surface area contributed by atoms with E-state index in [9.17, 15) is 29.1 Å². The molecule has 0 saturated carbocycles. The Balaban J connectivity index is 1.77. The maximum atomic E-state index is 13.4. The molecule has 9 N–H and O–H groups in total. The second-order valence-electron chi connectivity index (χ2n) is 12.1. The van der Waals surface area contributed by atoms with Gasteiger partial charge in [0.1, 0.15) is 29.3 Å². The van der Waals surface area contributed by atoms with Crippen molar-refractivity contribution in [2.75, 3.05) is 18.5 Å². The zero-order chi connectivity index (χ0) is 35.4. The van der Waals surface area contributed by atoms with E-state index in [0.29, 0.717) is 16.6 Å². The molecule has 0 radical (unpaired) electrons. The molecule has 4 amide bonds. The zero-order valence-electron chi connectivity index (χ0n) is 27.4. The van der Waals surface area contributed by atoms with E-state index >= 15 is 0 Å². The molecule has 3 rings (SSSR count). The highest BCUT2D eigenvalue weighted by Gasteiger charge is 2.30. The van der Waals surface area contributed by atoms with Crippen molar-refractivity contribution < 1.29 is 33.4 Å². The number of benzene rings is 2. The van der Waals surface area contributed by atoms with Crippen LogP contribution in [0.4, 0.5) is 10.5 Å². The molecule has 1 aromatic heterocycles. The van der Waals surface area contributed by atoms with Crippen LogP contribution in [0.15, 0.2) is 68.8 Å². The molecule has 0 fully saturated rings. The number of rotatable bonds is 14. The number of fused-ring (bicyclic) bond motifs is 1. The monoisotopic (exact) mass is 665 g/mol. The van der Waals surface area contributed by atoms with E-state index in [0.717, 1.165) is 5.56 Å². The first kappa shape index (κ1) is 37.0. The fourth-order valence-corrected chi connectivity index (χ4v) is 4.65. The molecule has 3 aromatic rings.